The molecule has 0 bridgehead atoms. The molecule has 0 spiro atoms. The van der Waals surface area contributed by atoms with Crippen LogP contribution in [0.2, 0.25) is 0 Å². The van der Waals surface area contributed by atoms with Crippen molar-refractivity contribution in [2.24, 2.45) is 0 Å². The Labute approximate surface area is 422 Å². The van der Waals surface area contributed by atoms with E-state index in [1.165, 1.54) is 31.1 Å². The highest BCUT2D eigenvalue weighted by Gasteiger charge is 2.27. The lowest BCUT2D eigenvalue weighted by molar-refractivity contribution is 0.630. The first-order valence-corrected chi connectivity index (χ1v) is 25.2. The van der Waals surface area contributed by atoms with Crippen molar-refractivity contribution in [1.82, 2.24) is 0 Å². The fourth-order valence-corrected chi connectivity index (χ4v) is 11.9. The molecule has 13 rings (SSSR count). The van der Waals surface area contributed by atoms with E-state index in [1.54, 1.807) is 6.07 Å². The molecule has 0 N–H and O–H groups in total. The van der Waals surface area contributed by atoms with Crippen LogP contribution in [0.3, 0.4) is 0 Å². The molecule has 0 fully saturated rings. The van der Waals surface area contributed by atoms with E-state index in [9.17, 15) is 0 Å². The number of benzene rings is 12. The number of fused-ring (bicyclic) bond motifs is 8. The summed E-state index contributed by atoms with van der Waals surface area (Å²) >= 11 is 1.84. The van der Waals surface area contributed by atoms with Crippen molar-refractivity contribution in [3.8, 4) is 44.5 Å². The standard InChI is InChI=1S/C68H45FN2S/c69-62-43-50(46-22-6-1-7-23-46)42-60(49-28-12-4-13-29-49)67(62)71(64-37-21-19-33-55(64)48-26-10-3-11-27-48)52-38-40-58-61(44-52)56-34-16-17-35-57(56)66-59-41-39-53(45-65(59)72-68(58)66)70(51-30-14-5-15-31-51)63-36-20-18-32-54(63)47-24-8-2-9-25-47/h1-45H. The molecule has 0 amide bonds. The van der Waals surface area contributed by atoms with Gasteiger partial charge in [-0.2, -0.15) is 0 Å². The van der Waals surface area contributed by atoms with Crippen LogP contribution in [0.15, 0.2) is 273 Å². The van der Waals surface area contributed by atoms with Crippen molar-refractivity contribution < 1.29 is 4.39 Å². The van der Waals surface area contributed by atoms with Gasteiger partial charge >= 0.3 is 0 Å². The molecule has 1 aromatic heterocycles. The van der Waals surface area contributed by atoms with Crippen molar-refractivity contribution in [3.63, 3.8) is 0 Å². The highest BCUT2D eigenvalue weighted by molar-refractivity contribution is 7.27. The van der Waals surface area contributed by atoms with Crippen molar-refractivity contribution in [2.45, 2.75) is 0 Å². The van der Waals surface area contributed by atoms with Crippen LogP contribution in [0, 0.1) is 5.82 Å². The molecule has 340 valence electrons. The number of rotatable bonds is 10. The summed E-state index contributed by atoms with van der Waals surface area (Å²) in [5.74, 6) is -0.310. The zero-order valence-electron chi connectivity index (χ0n) is 39.2. The van der Waals surface area contributed by atoms with Crippen LogP contribution in [0.4, 0.5) is 38.5 Å². The molecule has 0 aliphatic carbocycles. The number of anilines is 6. The number of thiophene rings is 1. The molecule has 0 saturated carbocycles. The number of hydrogen-bond acceptors (Lipinski definition) is 3. The maximum absolute atomic E-state index is 17.9. The van der Waals surface area contributed by atoms with Gasteiger partial charge in [0, 0.05) is 59.3 Å². The van der Waals surface area contributed by atoms with Gasteiger partial charge in [-0.15, -0.1) is 11.3 Å². The Balaban J connectivity index is 1.04. The van der Waals surface area contributed by atoms with Crippen LogP contribution in [-0.4, -0.2) is 0 Å². The number of hydrogen-bond donors (Lipinski definition) is 0. The molecule has 4 heteroatoms. The summed E-state index contributed by atoms with van der Waals surface area (Å²) in [6, 6.07) is 95.3. The Morgan fingerprint density at radius 3 is 1.38 bits per heavy atom. The van der Waals surface area contributed by atoms with Gasteiger partial charge in [0.05, 0.1) is 17.1 Å². The van der Waals surface area contributed by atoms with E-state index in [0.717, 1.165) is 83.5 Å². The molecule has 13 aromatic rings. The zero-order valence-corrected chi connectivity index (χ0v) is 40.0. The van der Waals surface area contributed by atoms with Crippen LogP contribution < -0.4 is 9.80 Å². The molecule has 0 saturated heterocycles. The van der Waals surface area contributed by atoms with Gasteiger partial charge < -0.3 is 9.80 Å². The van der Waals surface area contributed by atoms with Crippen LogP contribution in [0.25, 0.3) is 86.2 Å². The third kappa shape index (κ3) is 7.57. The van der Waals surface area contributed by atoms with Crippen molar-refractivity contribution in [1.29, 1.82) is 0 Å². The van der Waals surface area contributed by atoms with Gasteiger partial charge in [0.15, 0.2) is 0 Å². The monoisotopic (exact) mass is 940 g/mol. The molecule has 12 aromatic carbocycles. The average molecular weight is 941 g/mol. The maximum Gasteiger partial charge on any atom is 0.148 e. The third-order valence-corrected chi connectivity index (χ3v) is 15.1. The summed E-state index contributed by atoms with van der Waals surface area (Å²) in [7, 11) is 0. The lowest BCUT2D eigenvalue weighted by Crippen LogP contribution is -2.14. The van der Waals surface area contributed by atoms with Gasteiger partial charge in [-0.1, -0.05) is 212 Å². The van der Waals surface area contributed by atoms with E-state index in [-0.39, 0.29) is 5.82 Å². The second kappa shape index (κ2) is 18.3. The van der Waals surface area contributed by atoms with Crippen LogP contribution in [0.5, 0.6) is 0 Å². The summed E-state index contributed by atoms with van der Waals surface area (Å²) < 4.78 is 20.3. The van der Waals surface area contributed by atoms with Crippen molar-refractivity contribution >= 4 is 87.2 Å². The highest BCUT2D eigenvalue weighted by Crippen LogP contribution is 2.51. The lowest BCUT2D eigenvalue weighted by atomic mass is 9.94. The summed E-state index contributed by atoms with van der Waals surface area (Å²) in [6.45, 7) is 0. The summed E-state index contributed by atoms with van der Waals surface area (Å²) in [5, 5.41) is 7.06. The van der Waals surface area contributed by atoms with Gasteiger partial charge in [-0.25, -0.2) is 4.39 Å². The number of nitrogens with zero attached hydrogens (tertiary/aromatic N) is 2. The molecule has 0 unspecified atom stereocenters. The van der Waals surface area contributed by atoms with Crippen LogP contribution >= 0.6 is 11.3 Å². The van der Waals surface area contributed by atoms with E-state index in [1.807, 2.05) is 65.9 Å². The normalized spacial score (nSPS) is 11.4. The van der Waals surface area contributed by atoms with Gasteiger partial charge in [0.25, 0.3) is 0 Å². The molecule has 0 aliphatic heterocycles. The fraction of sp³-hybridized carbons (Fsp3) is 0. The van der Waals surface area contributed by atoms with Crippen molar-refractivity contribution in [2.75, 3.05) is 9.80 Å². The number of para-hydroxylation sites is 3. The highest BCUT2D eigenvalue weighted by atomic mass is 32.1. The predicted octanol–water partition coefficient (Wildman–Crippen LogP) is 20.1. The second-order valence-electron chi connectivity index (χ2n) is 18.1. The summed E-state index contributed by atoms with van der Waals surface area (Å²) in [4.78, 5) is 4.53. The first kappa shape index (κ1) is 43.0. The van der Waals surface area contributed by atoms with E-state index < -0.39 is 0 Å². The second-order valence-corrected chi connectivity index (χ2v) is 19.2. The minimum atomic E-state index is -0.310. The van der Waals surface area contributed by atoms with E-state index in [4.69, 9.17) is 0 Å². The molecule has 0 aliphatic rings. The minimum absolute atomic E-state index is 0.310. The Hall–Kier alpha value is -9.09. The Morgan fingerprint density at radius 2 is 0.764 bits per heavy atom. The summed E-state index contributed by atoms with van der Waals surface area (Å²) in [6.07, 6.45) is 0. The van der Waals surface area contributed by atoms with E-state index in [0.29, 0.717) is 5.69 Å². The molecule has 0 atom stereocenters. The molecular formula is C68H45FN2S. The van der Waals surface area contributed by atoms with Gasteiger partial charge in [0.1, 0.15) is 5.82 Å². The zero-order chi connectivity index (χ0) is 48.0. The molecule has 2 nitrogen and oxygen atoms in total. The Morgan fingerprint density at radius 1 is 0.292 bits per heavy atom. The van der Waals surface area contributed by atoms with E-state index >= 15 is 4.39 Å². The van der Waals surface area contributed by atoms with Crippen molar-refractivity contribution in [3.05, 3.63) is 279 Å². The topological polar surface area (TPSA) is 6.48 Å². The maximum atomic E-state index is 17.9. The fourth-order valence-electron chi connectivity index (χ4n) is 10.6. The first-order valence-electron chi connectivity index (χ1n) is 24.4. The van der Waals surface area contributed by atoms with Crippen LogP contribution in [-0.2, 0) is 0 Å². The molecule has 1 heterocycles. The summed E-state index contributed by atoms with van der Waals surface area (Å²) in [5.41, 5.74) is 13.4. The molecule has 0 radical (unpaired) electrons. The lowest BCUT2D eigenvalue weighted by Gasteiger charge is -2.31. The van der Waals surface area contributed by atoms with Gasteiger partial charge in [-0.3, -0.25) is 0 Å². The average Bonchev–Trinajstić information content (AvgIpc) is 3.84. The van der Waals surface area contributed by atoms with Crippen LogP contribution in [0.1, 0.15) is 0 Å². The first-order chi connectivity index (χ1) is 35.7. The van der Waals surface area contributed by atoms with Gasteiger partial charge in [0.2, 0.25) is 0 Å². The molecular weight excluding hydrogens is 896 g/mol. The predicted molar refractivity (Wildman–Crippen MR) is 305 cm³/mol. The molecule has 72 heavy (non-hydrogen) atoms. The smallest absolute Gasteiger partial charge is 0.148 e. The Kier molecular flexibility index (Phi) is 10.9. The van der Waals surface area contributed by atoms with Gasteiger partial charge in [-0.05, 0) is 105 Å². The quantitative estimate of drug-likeness (QED) is 0.126. The minimum Gasteiger partial charge on any atom is -0.310 e. The largest absolute Gasteiger partial charge is 0.310 e. The SMILES string of the molecule is Fc1cc(-c2ccccc2)cc(-c2ccccc2)c1N(c1ccc2c(c1)c1ccccc1c1c3ccc(N(c4ccccc4)c4ccccc4-c4ccccc4)cc3sc21)c1ccccc1-c1ccccc1. The third-order valence-electron chi connectivity index (χ3n) is 13.9. The Bertz CT molecular complexity index is 4100. The van der Waals surface area contributed by atoms with E-state index in [2.05, 4.69) is 222 Å². The number of halogens is 1.